The van der Waals surface area contributed by atoms with Crippen LogP contribution >= 0.6 is 11.8 Å². The molecule has 0 radical (unpaired) electrons. The van der Waals surface area contributed by atoms with E-state index in [9.17, 15) is 9.59 Å². The van der Waals surface area contributed by atoms with Crippen LogP contribution in [0.5, 0.6) is 0 Å². The maximum Gasteiger partial charge on any atom is 0.245 e. The van der Waals surface area contributed by atoms with E-state index < -0.39 is 0 Å². The predicted octanol–water partition coefficient (Wildman–Crippen LogP) is 2.52. The van der Waals surface area contributed by atoms with Crippen molar-refractivity contribution in [3.05, 3.63) is 0 Å². The van der Waals surface area contributed by atoms with Crippen LogP contribution in [0.15, 0.2) is 0 Å². The summed E-state index contributed by atoms with van der Waals surface area (Å²) in [5.41, 5.74) is 0. The normalized spacial score (nSPS) is 23.2. The van der Waals surface area contributed by atoms with Crippen molar-refractivity contribution in [1.82, 2.24) is 9.80 Å². The van der Waals surface area contributed by atoms with Crippen LogP contribution in [0.2, 0.25) is 0 Å². The van der Waals surface area contributed by atoms with Gasteiger partial charge in [0.2, 0.25) is 11.8 Å². The second-order valence-electron chi connectivity index (χ2n) is 6.08. The van der Waals surface area contributed by atoms with Gasteiger partial charge in [-0.3, -0.25) is 9.59 Å². The quantitative estimate of drug-likeness (QED) is 0.678. The number of carbonyl (C=O) groups excluding carboxylic acids is 2. The minimum absolute atomic E-state index is 0.162. The van der Waals surface area contributed by atoms with Gasteiger partial charge >= 0.3 is 0 Å². The Hall–Kier alpha value is -0.710. The molecule has 2 saturated heterocycles. The Morgan fingerprint density at radius 1 is 1.10 bits per heavy atom. The van der Waals surface area contributed by atoms with Crippen molar-refractivity contribution in [2.45, 2.75) is 57.4 Å². The van der Waals surface area contributed by atoms with E-state index in [1.807, 2.05) is 21.6 Å². The minimum Gasteiger partial charge on any atom is -0.340 e. The van der Waals surface area contributed by atoms with E-state index in [4.69, 9.17) is 0 Å². The Kier molecular flexibility index (Phi) is 6.87. The Balaban J connectivity index is 1.80. The highest BCUT2D eigenvalue weighted by Crippen LogP contribution is 2.23. The van der Waals surface area contributed by atoms with E-state index >= 15 is 0 Å². The van der Waals surface area contributed by atoms with Crippen molar-refractivity contribution in [1.29, 1.82) is 0 Å². The van der Waals surface area contributed by atoms with Crippen LogP contribution in [0.4, 0.5) is 0 Å². The summed E-state index contributed by atoms with van der Waals surface area (Å²) in [6.07, 6.45) is 10.4. The van der Waals surface area contributed by atoms with Crippen molar-refractivity contribution >= 4 is 23.6 Å². The average Bonchev–Trinajstić information content (AvgIpc) is 2.63. The average molecular weight is 312 g/mol. The molecule has 5 heteroatoms. The zero-order valence-electron chi connectivity index (χ0n) is 13.2. The highest BCUT2D eigenvalue weighted by atomic mass is 32.2. The molecule has 2 aliphatic heterocycles. The Bertz CT molecular complexity index is 362. The number of piperidine rings is 1. The number of rotatable bonds is 7. The minimum atomic E-state index is -0.162. The van der Waals surface area contributed by atoms with Crippen LogP contribution in [0, 0.1) is 0 Å². The lowest BCUT2D eigenvalue weighted by molar-refractivity contribution is -0.143. The van der Waals surface area contributed by atoms with Crippen LogP contribution in [0.1, 0.15) is 51.4 Å². The maximum atomic E-state index is 12.6. The van der Waals surface area contributed by atoms with Crippen LogP contribution in [-0.4, -0.2) is 59.3 Å². The van der Waals surface area contributed by atoms with E-state index in [0.29, 0.717) is 13.0 Å². The smallest absolute Gasteiger partial charge is 0.245 e. The fraction of sp³-hybridized carbons (Fsp3) is 0.875. The van der Waals surface area contributed by atoms with Crippen LogP contribution in [0.25, 0.3) is 0 Å². The third kappa shape index (κ3) is 4.63. The van der Waals surface area contributed by atoms with E-state index in [1.54, 1.807) is 0 Å². The Labute approximate surface area is 132 Å². The summed E-state index contributed by atoms with van der Waals surface area (Å²) < 4.78 is 0. The summed E-state index contributed by atoms with van der Waals surface area (Å²) in [5.74, 6) is 1.61. The first-order valence-corrected chi connectivity index (χ1v) is 9.70. The molecule has 2 amide bonds. The molecule has 2 heterocycles. The summed E-state index contributed by atoms with van der Waals surface area (Å²) in [5, 5.41) is 0. The highest BCUT2D eigenvalue weighted by molar-refractivity contribution is 7.98. The van der Waals surface area contributed by atoms with Crippen molar-refractivity contribution in [2.24, 2.45) is 0 Å². The van der Waals surface area contributed by atoms with Crippen LogP contribution < -0.4 is 0 Å². The molecule has 0 aliphatic carbocycles. The van der Waals surface area contributed by atoms with E-state index in [1.165, 1.54) is 25.0 Å². The lowest BCUT2D eigenvalue weighted by Gasteiger charge is -2.34. The van der Waals surface area contributed by atoms with Gasteiger partial charge < -0.3 is 9.80 Å². The number of fused-ring (bicyclic) bond motifs is 1. The summed E-state index contributed by atoms with van der Waals surface area (Å²) in [4.78, 5) is 28.5. The molecule has 0 saturated carbocycles. The largest absolute Gasteiger partial charge is 0.340 e. The van der Waals surface area contributed by atoms with Crippen LogP contribution in [0.3, 0.4) is 0 Å². The number of carbonyl (C=O) groups is 2. The topological polar surface area (TPSA) is 40.6 Å². The lowest BCUT2D eigenvalue weighted by atomic mass is 10.0. The van der Waals surface area contributed by atoms with Crippen molar-refractivity contribution in [2.75, 3.05) is 31.6 Å². The summed E-state index contributed by atoms with van der Waals surface area (Å²) >= 11 is 1.90. The number of hydrogen-bond acceptors (Lipinski definition) is 3. The van der Waals surface area contributed by atoms with Gasteiger partial charge in [0, 0.05) is 26.1 Å². The van der Waals surface area contributed by atoms with Gasteiger partial charge in [-0.1, -0.05) is 12.8 Å². The SMILES string of the molecule is CSCCCCCCN1CCC(=O)N2CCCCC2C1=O. The third-order valence-electron chi connectivity index (χ3n) is 4.54. The first-order chi connectivity index (χ1) is 10.2. The van der Waals surface area contributed by atoms with Gasteiger partial charge in [0.05, 0.1) is 0 Å². The zero-order chi connectivity index (χ0) is 15.1. The summed E-state index contributed by atoms with van der Waals surface area (Å²) in [7, 11) is 0. The molecule has 0 spiro atoms. The van der Waals surface area contributed by atoms with Gasteiger partial charge in [-0.2, -0.15) is 11.8 Å². The fourth-order valence-corrected chi connectivity index (χ4v) is 3.80. The van der Waals surface area contributed by atoms with E-state index in [-0.39, 0.29) is 17.9 Å². The molecule has 120 valence electrons. The number of amides is 2. The number of thioether (sulfide) groups is 1. The number of unbranched alkanes of at least 4 members (excludes halogenated alkanes) is 3. The summed E-state index contributed by atoms with van der Waals surface area (Å²) in [6.45, 7) is 2.23. The monoisotopic (exact) mass is 312 g/mol. The molecule has 4 nitrogen and oxygen atoms in total. The van der Waals surface area contributed by atoms with Gasteiger partial charge in [0.15, 0.2) is 0 Å². The van der Waals surface area contributed by atoms with Gasteiger partial charge in [0.1, 0.15) is 6.04 Å². The standard InChI is InChI=1S/C16H28N2O2S/c1-21-13-7-3-2-5-10-17-12-9-15(19)18-11-6-4-8-14(18)16(17)20/h14H,2-13H2,1H3. The molecule has 0 N–H and O–H groups in total. The molecule has 21 heavy (non-hydrogen) atoms. The third-order valence-corrected chi connectivity index (χ3v) is 5.24. The Morgan fingerprint density at radius 2 is 1.90 bits per heavy atom. The number of nitrogens with zero attached hydrogens (tertiary/aromatic N) is 2. The van der Waals surface area contributed by atoms with E-state index in [2.05, 4.69) is 6.26 Å². The Morgan fingerprint density at radius 3 is 2.71 bits per heavy atom. The number of hydrogen-bond donors (Lipinski definition) is 0. The van der Waals surface area contributed by atoms with Gasteiger partial charge in [-0.25, -0.2) is 0 Å². The molecular formula is C16H28N2O2S. The first kappa shape index (κ1) is 16.7. The van der Waals surface area contributed by atoms with Gasteiger partial charge in [-0.15, -0.1) is 0 Å². The second kappa shape index (κ2) is 8.66. The molecule has 0 aromatic carbocycles. The molecular weight excluding hydrogens is 284 g/mol. The zero-order valence-corrected chi connectivity index (χ0v) is 14.0. The van der Waals surface area contributed by atoms with Gasteiger partial charge in [0.25, 0.3) is 0 Å². The van der Waals surface area contributed by atoms with Crippen molar-refractivity contribution < 1.29 is 9.59 Å². The van der Waals surface area contributed by atoms with Gasteiger partial charge in [-0.05, 0) is 44.1 Å². The molecule has 0 aromatic heterocycles. The second-order valence-corrected chi connectivity index (χ2v) is 7.07. The van der Waals surface area contributed by atoms with E-state index in [0.717, 1.165) is 38.8 Å². The summed E-state index contributed by atoms with van der Waals surface area (Å²) in [6, 6.07) is -0.162. The molecule has 1 unspecified atom stereocenters. The predicted molar refractivity (Wildman–Crippen MR) is 87.4 cm³/mol. The molecule has 2 aliphatic rings. The van der Waals surface area contributed by atoms with Crippen molar-refractivity contribution in [3.63, 3.8) is 0 Å². The van der Waals surface area contributed by atoms with Crippen LogP contribution in [-0.2, 0) is 9.59 Å². The molecule has 0 aromatic rings. The molecule has 0 bridgehead atoms. The van der Waals surface area contributed by atoms with Crippen molar-refractivity contribution in [3.8, 4) is 0 Å². The molecule has 2 rings (SSSR count). The highest BCUT2D eigenvalue weighted by Gasteiger charge is 2.37. The first-order valence-electron chi connectivity index (χ1n) is 8.31. The lowest BCUT2D eigenvalue weighted by Crippen LogP contribution is -2.49. The fourth-order valence-electron chi connectivity index (χ4n) is 3.31. The molecule has 2 fully saturated rings. The molecule has 1 atom stereocenters. The maximum absolute atomic E-state index is 12.6.